The van der Waals surface area contributed by atoms with Crippen LogP contribution in [0.5, 0.6) is 0 Å². The Morgan fingerprint density at radius 3 is 2.15 bits per heavy atom. The number of carbonyl (C=O) groups is 4. The van der Waals surface area contributed by atoms with Crippen molar-refractivity contribution in [2.24, 2.45) is 0 Å². The zero-order chi connectivity index (χ0) is 20.7. The van der Waals surface area contributed by atoms with Crippen molar-refractivity contribution in [3.8, 4) is 0 Å². The molecule has 3 atom stereocenters. The number of rotatable bonds is 6. The van der Waals surface area contributed by atoms with Gasteiger partial charge in [-0.3, -0.25) is 19.3 Å². The highest BCUT2D eigenvalue weighted by molar-refractivity contribution is 8.22. The van der Waals surface area contributed by atoms with Gasteiger partial charge in [0, 0.05) is 12.8 Å². The molecule has 0 aromatic carbocycles. The number of hydrogen-bond acceptors (Lipinski definition) is 6. The van der Waals surface area contributed by atoms with E-state index in [0.29, 0.717) is 0 Å². The minimum absolute atomic E-state index is 0.0178. The van der Waals surface area contributed by atoms with Gasteiger partial charge in [0.1, 0.15) is 18.1 Å². The number of halogens is 5. The van der Waals surface area contributed by atoms with E-state index in [1.807, 2.05) is 0 Å². The molecule has 0 N–H and O–H groups in total. The van der Waals surface area contributed by atoms with Gasteiger partial charge < -0.3 is 9.64 Å². The molecule has 0 aliphatic carbocycles. The number of β-lactam (4-membered cyclic amide) rings is 1. The van der Waals surface area contributed by atoms with Gasteiger partial charge in [-0.1, -0.05) is 46.4 Å². The van der Waals surface area contributed by atoms with Crippen molar-refractivity contribution in [2.45, 2.75) is 52.8 Å². The van der Waals surface area contributed by atoms with E-state index in [1.165, 1.54) is 0 Å². The molecule has 2 heterocycles. The Hall–Kier alpha value is -0.120. The Morgan fingerprint density at radius 1 is 1.22 bits per heavy atom. The maximum absolute atomic E-state index is 12.7. The van der Waals surface area contributed by atoms with Crippen LogP contribution in [0.15, 0.2) is 0 Å². The van der Waals surface area contributed by atoms with Crippen molar-refractivity contribution in [2.75, 3.05) is 6.61 Å². The number of hydrogen-bond donors (Lipinski definition) is 0. The second-order valence-electron chi connectivity index (χ2n) is 6.53. The zero-order valence-electron chi connectivity index (χ0n) is 14.1. The van der Waals surface area contributed by atoms with E-state index in [4.69, 9.17) is 61.8 Å². The Balaban J connectivity index is 2.24. The lowest BCUT2D eigenvalue weighted by Crippen LogP contribution is -2.75. The third-order valence-corrected chi connectivity index (χ3v) is 6.73. The van der Waals surface area contributed by atoms with Gasteiger partial charge in [-0.05, 0) is 35.5 Å². The number of alkyl halides is 4. The first kappa shape index (κ1) is 23.2. The molecule has 2 fully saturated rings. The molecule has 3 amide bonds. The standard InChI is InChI=1S/C14H15Cl5N2O5S/c1-13(2,27-19)9(12(25)26-5-14(16,17)18)21-10(15)8(11(21)24)20-6(22)3-4-7(20)23/h8-10H,3-5H2,1-2H3. The molecule has 7 nitrogen and oxygen atoms in total. The largest absolute Gasteiger partial charge is 0.460 e. The van der Waals surface area contributed by atoms with Crippen molar-refractivity contribution in [1.82, 2.24) is 9.80 Å². The van der Waals surface area contributed by atoms with Crippen molar-refractivity contribution < 1.29 is 23.9 Å². The van der Waals surface area contributed by atoms with Crippen molar-refractivity contribution in [1.29, 1.82) is 0 Å². The van der Waals surface area contributed by atoms with Crippen LogP contribution in [-0.4, -0.2) is 66.2 Å². The first-order chi connectivity index (χ1) is 12.3. The van der Waals surface area contributed by atoms with Crippen LogP contribution in [0.3, 0.4) is 0 Å². The molecule has 3 unspecified atom stereocenters. The second kappa shape index (κ2) is 8.32. The monoisotopic (exact) mass is 498 g/mol. The molecule has 2 aliphatic heterocycles. The van der Waals surface area contributed by atoms with Gasteiger partial charge in [-0.15, -0.1) is 0 Å². The van der Waals surface area contributed by atoms with Gasteiger partial charge in [-0.25, -0.2) is 4.79 Å². The fraction of sp³-hybridized carbons (Fsp3) is 0.714. The molecule has 0 spiro atoms. The molecule has 0 saturated carbocycles. The summed E-state index contributed by atoms with van der Waals surface area (Å²) >= 11 is 23.1. The van der Waals surface area contributed by atoms with Crippen LogP contribution in [0.25, 0.3) is 0 Å². The lowest BCUT2D eigenvalue weighted by Gasteiger charge is -2.51. The highest BCUT2D eigenvalue weighted by Crippen LogP contribution is 2.42. The lowest BCUT2D eigenvalue weighted by atomic mass is 9.94. The molecule has 27 heavy (non-hydrogen) atoms. The average Bonchev–Trinajstić information content (AvgIpc) is 2.89. The zero-order valence-corrected chi connectivity index (χ0v) is 18.7. The van der Waals surface area contributed by atoms with Gasteiger partial charge in [0.25, 0.3) is 5.91 Å². The number of likely N-dealkylation sites (tertiary alicyclic amines) is 2. The molecular weight excluding hydrogens is 485 g/mol. The summed E-state index contributed by atoms with van der Waals surface area (Å²) < 4.78 is 2.14. The third kappa shape index (κ3) is 4.73. The van der Waals surface area contributed by atoms with E-state index in [2.05, 4.69) is 0 Å². The topological polar surface area (TPSA) is 84.0 Å². The van der Waals surface area contributed by atoms with E-state index in [1.54, 1.807) is 13.8 Å². The average molecular weight is 501 g/mol. The Labute approximate surface area is 184 Å². The summed E-state index contributed by atoms with van der Waals surface area (Å²) in [5.41, 5.74) is -1.11. The van der Waals surface area contributed by atoms with Crippen LogP contribution >= 0.6 is 68.1 Å². The highest BCUT2D eigenvalue weighted by Gasteiger charge is 2.60. The maximum atomic E-state index is 12.7. The summed E-state index contributed by atoms with van der Waals surface area (Å²) in [6, 6.07) is -2.40. The molecule has 0 radical (unpaired) electrons. The van der Waals surface area contributed by atoms with Crippen molar-refractivity contribution >= 4 is 91.8 Å². The van der Waals surface area contributed by atoms with Gasteiger partial charge >= 0.3 is 5.97 Å². The second-order valence-corrected chi connectivity index (χ2v) is 11.2. The molecule has 0 aromatic rings. The summed E-state index contributed by atoms with van der Waals surface area (Å²) in [5.74, 6) is -2.50. The number of carbonyl (C=O) groups excluding carboxylic acids is 4. The number of imide groups is 1. The molecule has 13 heteroatoms. The fourth-order valence-electron chi connectivity index (χ4n) is 2.88. The number of ether oxygens (including phenoxy) is 1. The first-order valence-corrected chi connectivity index (χ1v) is 10.9. The molecule has 2 aliphatic rings. The van der Waals surface area contributed by atoms with Gasteiger partial charge in [0.15, 0.2) is 6.04 Å². The van der Waals surface area contributed by atoms with E-state index in [0.717, 1.165) is 20.8 Å². The predicted molar refractivity (Wildman–Crippen MR) is 104 cm³/mol. The van der Waals surface area contributed by atoms with Gasteiger partial charge in [0.2, 0.25) is 15.6 Å². The third-order valence-electron chi connectivity index (χ3n) is 4.14. The van der Waals surface area contributed by atoms with Gasteiger partial charge in [0.05, 0.1) is 4.75 Å². The van der Waals surface area contributed by atoms with Gasteiger partial charge in [-0.2, -0.15) is 0 Å². The minimum atomic E-state index is -1.84. The Morgan fingerprint density at radius 2 is 1.74 bits per heavy atom. The highest BCUT2D eigenvalue weighted by atomic mass is 35.7. The van der Waals surface area contributed by atoms with E-state index in [-0.39, 0.29) is 12.8 Å². The number of amides is 3. The SMILES string of the molecule is CC(C)(SCl)C(C(=O)OCC(Cl)(Cl)Cl)N1C(=O)C(N2C(=O)CCC2=O)C1Cl. The van der Waals surface area contributed by atoms with E-state index >= 15 is 0 Å². The summed E-state index contributed by atoms with van der Waals surface area (Å²) in [6.45, 7) is 2.65. The Bertz CT molecular complexity index is 655. The van der Waals surface area contributed by atoms with Crippen LogP contribution in [0.2, 0.25) is 0 Å². The molecule has 0 bridgehead atoms. The molecule has 2 saturated heterocycles. The summed E-state index contributed by atoms with van der Waals surface area (Å²) in [5, 5.41) is 0. The van der Waals surface area contributed by atoms with Crippen LogP contribution < -0.4 is 0 Å². The summed E-state index contributed by atoms with van der Waals surface area (Å²) in [4.78, 5) is 51.0. The number of esters is 1. The van der Waals surface area contributed by atoms with Crippen LogP contribution in [0.4, 0.5) is 0 Å². The Kier molecular flexibility index (Phi) is 7.14. The summed E-state index contributed by atoms with van der Waals surface area (Å²) in [7, 11) is 6.67. The minimum Gasteiger partial charge on any atom is -0.460 e. The smallest absolute Gasteiger partial charge is 0.330 e. The maximum Gasteiger partial charge on any atom is 0.330 e. The van der Waals surface area contributed by atoms with E-state index in [9.17, 15) is 19.2 Å². The lowest BCUT2D eigenvalue weighted by molar-refractivity contribution is -0.174. The van der Waals surface area contributed by atoms with Crippen LogP contribution in [0.1, 0.15) is 26.7 Å². The number of nitrogens with zero attached hydrogens (tertiary/aromatic N) is 2. The quantitative estimate of drug-likeness (QED) is 0.183. The molecule has 2 rings (SSSR count). The normalized spacial score (nSPS) is 24.9. The van der Waals surface area contributed by atoms with Crippen molar-refractivity contribution in [3.63, 3.8) is 0 Å². The molecule has 152 valence electrons. The molecule has 0 aromatic heterocycles. The first-order valence-electron chi connectivity index (χ1n) is 7.66. The summed E-state index contributed by atoms with van der Waals surface area (Å²) in [6.07, 6.45) is 0.0356. The predicted octanol–water partition coefficient (Wildman–Crippen LogP) is 2.86. The van der Waals surface area contributed by atoms with E-state index < -0.39 is 56.4 Å². The fourth-order valence-corrected chi connectivity index (χ4v) is 4.02. The molecular formula is C14H15Cl5N2O5S. The van der Waals surface area contributed by atoms with Crippen molar-refractivity contribution in [3.05, 3.63) is 0 Å². The van der Waals surface area contributed by atoms with Crippen LogP contribution in [-0.2, 0) is 23.9 Å². The van der Waals surface area contributed by atoms with Crippen LogP contribution in [0, 0.1) is 0 Å².